The standard InChI is InChI=1S/C19H30N6.HI/c1-14(2)24-9-6-16(7-10-24)23-19(20-4)21-12-17-13-25-8-5-15(3)11-18(25)22-17;/h5,8,11,13-14,16H,6-7,9-10,12H2,1-4H3,(H2,20,21,23);1H. The molecule has 7 heteroatoms. The largest absolute Gasteiger partial charge is 0.354 e. The summed E-state index contributed by atoms with van der Waals surface area (Å²) < 4.78 is 2.06. The molecule has 0 aliphatic carbocycles. The van der Waals surface area contributed by atoms with Crippen LogP contribution in [0.2, 0.25) is 0 Å². The summed E-state index contributed by atoms with van der Waals surface area (Å²) in [5, 5.41) is 6.95. The summed E-state index contributed by atoms with van der Waals surface area (Å²) in [4.78, 5) is 11.6. The monoisotopic (exact) mass is 470 g/mol. The van der Waals surface area contributed by atoms with Crippen LogP contribution in [0.25, 0.3) is 5.65 Å². The number of aliphatic imine (C=N–C) groups is 1. The van der Waals surface area contributed by atoms with Gasteiger partial charge in [0.1, 0.15) is 5.65 Å². The number of halogens is 1. The second kappa shape index (κ2) is 9.55. The van der Waals surface area contributed by atoms with Crippen LogP contribution in [-0.4, -0.2) is 52.5 Å². The average Bonchev–Trinajstić information content (AvgIpc) is 3.00. The second-order valence-corrected chi connectivity index (χ2v) is 7.18. The van der Waals surface area contributed by atoms with Crippen LogP contribution in [-0.2, 0) is 6.54 Å². The topological polar surface area (TPSA) is 57.0 Å². The van der Waals surface area contributed by atoms with Crippen molar-refractivity contribution >= 4 is 35.6 Å². The lowest BCUT2D eigenvalue weighted by Gasteiger charge is -2.35. The minimum atomic E-state index is 0. The van der Waals surface area contributed by atoms with E-state index >= 15 is 0 Å². The molecule has 1 aliphatic heterocycles. The van der Waals surface area contributed by atoms with E-state index in [1.165, 1.54) is 5.56 Å². The molecule has 0 amide bonds. The van der Waals surface area contributed by atoms with E-state index in [2.05, 4.69) is 75.2 Å². The molecule has 0 spiro atoms. The summed E-state index contributed by atoms with van der Waals surface area (Å²) in [6, 6.07) is 5.32. The third-order valence-corrected chi connectivity index (χ3v) is 4.93. The summed E-state index contributed by atoms with van der Waals surface area (Å²) in [5.41, 5.74) is 3.23. The molecule has 3 rings (SSSR count). The smallest absolute Gasteiger partial charge is 0.191 e. The van der Waals surface area contributed by atoms with Crippen LogP contribution in [0.4, 0.5) is 0 Å². The van der Waals surface area contributed by atoms with Gasteiger partial charge >= 0.3 is 0 Å². The number of nitrogens with zero attached hydrogens (tertiary/aromatic N) is 4. The fourth-order valence-electron chi connectivity index (χ4n) is 3.34. The predicted molar refractivity (Wildman–Crippen MR) is 118 cm³/mol. The number of pyridine rings is 1. The molecule has 0 radical (unpaired) electrons. The number of nitrogens with one attached hydrogen (secondary N) is 2. The van der Waals surface area contributed by atoms with Crippen molar-refractivity contribution in [2.75, 3.05) is 20.1 Å². The zero-order chi connectivity index (χ0) is 17.8. The first-order valence-electron chi connectivity index (χ1n) is 9.20. The van der Waals surface area contributed by atoms with E-state index in [1.807, 2.05) is 7.05 Å². The highest BCUT2D eigenvalue weighted by Crippen LogP contribution is 2.13. The molecule has 1 aliphatic rings. The molecular weight excluding hydrogens is 439 g/mol. The first kappa shape index (κ1) is 21.0. The van der Waals surface area contributed by atoms with Crippen LogP contribution < -0.4 is 10.6 Å². The third-order valence-electron chi connectivity index (χ3n) is 4.93. The van der Waals surface area contributed by atoms with Crippen molar-refractivity contribution in [3.63, 3.8) is 0 Å². The van der Waals surface area contributed by atoms with Gasteiger partial charge in [-0.15, -0.1) is 24.0 Å². The Morgan fingerprint density at radius 1 is 1.35 bits per heavy atom. The van der Waals surface area contributed by atoms with Crippen molar-refractivity contribution in [1.82, 2.24) is 24.9 Å². The van der Waals surface area contributed by atoms with Gasteiger partial charge in [0.15, 0.2) is 5.96 Å². The minimum Gasteiger partial charge on any atom is -0.354 e. The number of imidazole rings is 1. The lowest BCUT2D eigenvalue weighted by Crippen LogP contribution is -2.49. The lowest BCUT2D eigenvalue weighted by atomic mass is 10.0. The molecule has 0 unspecified atom stereocenters. The van der Waals surface area contributed by atoms with Gasteiger partial charge in [-0.3, -0.25) is 4.99 Å². The summed E-state index contributed by atoms with van der Waals surface area (Å²) in [6.45, 7) is 9.60. The van der Waals surface area contributed by atoms with Crippen LogP contribution in [0.1, 0.15) is 37.9 Å². The van der Waals surface area contributed by atoms with Gasteiger partial charge in [-0.25, -0.2) is 4.98 Å². The number of aromatic nitrogens is 2. The zero-order valence-electron chi connectivity index (χ0n) is 16.2. The van der Waals surface area contributed by atoms with E-state index in [1.54, 1.807) is 0 Å². The Morgan fingerprint density at radius 2 is 2.08 bits per heavy atom. The molecule has 2 aromatic rings. The minimum absolute atomic E-state index is 0. The molecule has 0 aromatic carbocycles. The predicted octanol–water partition coefficient (Wildman–Crippen LogP) is 2.80. The van der Waals surface area contributed by atoms with E-state index < -0.39 is 0 Å². The van der Waals surface area contributed by atoms with Gasteiger partial charge in [0.05, 0.1) is 12.2 Å². The fraction of sp³-hybridized carbons (Fsp3) is 0.579. The molecule has 3 heterocycles. The molecule has 0 bridgehead atoms. The van der Waals surface area contributed by atoms with Crippen molar-refractivity contribution in [1.29, 1.82) is 0 Å². The molecule has 0 atom stereocenters. The van der Waals surface area contributed by atoms with Crippen molar-refractivity contribution in [3.8, 4) is 0 Å². The van der Waals surface area contributed by atoms with Gasteiger partial charge in [0.2, 0.25) is 0 Å². The van der Waals surface area contributed by atoms with Crippen LogP contribution in [0.3, 0.4) is 0 Å². The molecule has 2 N–H and O–H groups in total. The number of fused-ring (bicyclic) bond motifs is 1. The van der Waals surface area contributed by atoms with Crippen LogP contribution in [0.5, 0.6) is 0 Å². The molecule has 26 heavy (non-hydrogen) atoms. The summed E-state index contributed by atoms with van der Waals surface area (Å²) in [7, 11) is 1.83. The third kappa shape index (κ3) is 5.33. The Kier molecular flexibility index (Phi) is 7.69. The Bertz CT molecular complexity index is 731. The van der Waals surface area contributed by atoms with Gasteiger partial charge in [-0.1, -0.05) is 0 Å². The maximum Gasteiger partial charge on any atom is 0.191 e. The number of piperidine rings is 1. The Hall–Kier alpha value is -1.35. The highest BCUT2D eigenvalue weighted by Gasteiger charge is 2.21. The van der Waals surface area contributed by atoms with Gasteiger partial charge in [0, 0.05) is 44.6 Å². The van der Waals surface area contributed by atoms with Crippen LogP contribution >= 0.6 is 24.0 Å². The summed E-state index contributed by atoms with van der Waals surface area (Å²) >= 11 is 0. The van der Waals surface area contributed by atoms with Gasteiger partial charge in [-0.2, -0.15) is 0 Å². The summed E-state index contributed by atoms with van der Waals surface area (Å²) in [6.07, 6.45) is 6.44. The fourth-order valence-corrected chi connectivity index (χ4v) is 3.34. The van der Waals surface area contributed by atoms with E-state index in [-0.39, 0.29) is 24.0 Å². The number of likely N-dealkylation sites (tertiary alicyclic amines) is 1. The Labute approximate surface area is 173 Å². The molecule has 1 saturated heterocycles. The van der Waals surface area contributed by atoms with E-state index in [9.17, 15) is 0 Å². The molecule has 0 saturated carbocycles. The lowest BCUT2D eigenvalue weighted by molar-refractivity contribution is 0.167. The molecule has 144 valence electrons. The van der Waals surface area contributed by atoms with Crippen molar-refractivity contribution in [2.24, 2.45) is 4.99 Å². The molecule has 6 nitrogen and oxygen atoms in total. The molecular formula is C19H31IN6. The molecule has 2 aromatic heterocycles. The summed E-state index contributed by atoms with van der Waals surface area (Å²) in [5.74, 6) is 0.858. The first-order valence-corrected chi connectivity index (χ1v) is 9.20. The number of hydrogen-bond donors (Lipinski definition) is 2. The van der Waals surface area contributed by atoms with E-state index in [0.29, 0.717) is 18.6 Å². The van der Waals surface area contributed by atoms with Crippen molar-refractivity contribution in [3.05, 3.63) is 35.8 Å². The number of guanidine groups is 1. The van der Waals surface area contributed by atoms with Gasteiger partial charge < -0.3 is 19.9 Å². The zero-order valence-corrected chi connectivity index (χ0v) is 18.5. The maximum atomic E-state index is 4.67. The number of hydrogen-bond acceptors (Lipinski definition) is 3. The Balaban J connectivity index is 0.00000243. The van der Waals surface area contributed by atoms with Crippen LogP contribution in [0, 0.1) is 6.92 Å². The average molecular weight is 470 g/mol. The maximum absolute atomic E-state index is 4.67. The quantitative estimate of drug-likeness (QED) is 0.410. The SMILES string of the molecule is CN=C(NCc1cn2ccc(C)cc2n1)NC1CCN(C(C)C)CC1.I. The van der Waals surface area contributed by atoms with E-state index in [4.69, 9.17) is 0 Å². The number of aryl methyl sites for hydroxylation is 1. The van der Waals surface area contributed by atoms with Gasteiger partial charge in [0.25, 0.3) is 0 Å². The van der Waals surface area contributed by atoms with Crippen LogP contribution in [0.15, 0.2) is 29.5 Å². The Morgan fingerprint density at radius 3 is 2.73 bits per heavy atom. The van der Waals surface area contributed by atoms with Crippen molar-refractivity contribution in [2.45, 2.75) is 52.2 Å². The highest BCUT2D eigenvalue weighted by atomic mass is 127. The molecule has 1 fully saturated rings. The van der Waals surface area contributed by atoms with E-state index in [0.717, 1.165) is 43.2 Å². The number of rotatable bonds is 4. The van der Waals surface area contributed by atoms with Crippen molar-refractivity contribution < 1.29 is 0 Å². The normalized spacial score (nSPS) is 16.7. The highest BCUT2D eigenvalue weighted by molar-refractivity contribution is 14.0. The first-order chi connectivity index (χ1) is 12.0. The second-order valence-electron chi connectivity index (χ2n) is 7.18. The van der Waals surface area contributed by atoms with Gasteiger partial charge in [-0.05, 0) is 51.3 Å².